The third-order valence-electron chi connectivity index (χ3n) is 6.43. The normalized spacial score (nSPS) is 24.2. The van der Waals surface area contributed by atoms with Crippen LogP contribution in [0.1, 0.15) is 38.2 Å². The molecule has 0 radical (unpaired) electrons. The van der Waals surface area contributed by atoms with Crippen molar-refractivity contribution >= 4 is 27.7 Å². The lowest BCUT2D eigenvalue weighted by Gasteiger charge is -2.28. The van der Waals surface area contributed by atoms with Crippen LogP contribution in [0, 0.1) is 17.8 Å². The minimum absolute atomic E-state index is 0.0622. The molecule has 30 heavy (non-hydrogen) atoms. The third-order valence-corrected chi connectivity index (χ3v) is 8.01. The molecule has 2 fully saturated rings. The average molecular weight is 425 g/mol. The highest BCUT2D eigenvalue weighted by Crippen LogP contribution is 2.49. The highest BCUT2D eigenvalue weighted by atomic mass is 32.2. The molecule has 6 heteroatoms. The number of benzene rings is 2. The topological polar surface area (TPSA) is 75.3 Å². The fourth-order valence-corrected chi connectivity index (χ4v) is 6.24. The Hall–Kier alpha value is -2.44. The van der Waals surface area contributed by atoms with Gasteiger partial charge in [0, 0.05) is 17.8 Å². The molecule has 2 aromatic rings. The van der Waals surface area contributed by atoms with E-state index in [1.165, 1.54) is 37.5 Å². The number of fused-ring (bicyclic) bond motifs is 2. The van der Waals surface area contributed by atoms with Crippen LogP contribution >= 0.6 is 0 Å². The van der Waals surface area contributed by atoms with Crippen molar-refractivity contribution in [3.63, 3.8) is 0 Å². The van der Waals surface area contributed by atoms with Gasteiger partial charge in [0.25, 0.3) is 0 Å². The standard InChI is InChI=1S/C24H28N2O3S/c1-17(23-16-19-7-9-20(23)15-19)26-30(28,29)22-12-10-21(11-13-22)25-24(27)14-8-18-5-3-2-4-6-18/h2-6,8,10-14,17,19-20,23,26H,7,9,15-16H2,1H3,(H,25,27)/b14-8+/t17-,19+,20+,23-/m0/s1. The summed E-state index contributed by atoms with van der Waals surface area (Å²) in [4.78, 5) is 12.3. The van der Waals surface area contributed by atoms with Gasteiger partial charge in [-0.1, -0.05) is 36.8 Å². The lowest BCUT2D eigenvalue weighted by atomic mass is 9.84. The van der Waals surface area contributed by atoms with Gasteiger partial charge in [0.2, 0.25) is 15.9 Å². The van der Waals surface area contributed by atoms with E-state index in [-0.39, 0.29) is 16.8 Å². The Morgan fingerprint density at radius 3 is 2.40 bits per heavy atom. The third kappa shape index (κ3) is 4.82. The summed E-state index contributed by atoms with van der Waals surface area (Å²) in [6, 6.07) is 15.8. The van der Waals surface area contributed by atoms with Gasteiger partial charge in [-0.25, -0.2) is 13.1 Å². The van der Waals surface area contributed by atoms with Crippen LogP contribution < -0.4 is 10.0 Å². The Kier molecular flexibility index (Phi) is 6.06. The van der Waals surface area contributed by atoms with Crippen molar-refractivity contribution in [2.75, 3.05) is 5.32 Å². The Morgan fingerprint density at radius 1 is 1.03 bits per heavy atom. The number of sulfonamides is 1. The smallest absolute Gasteiger partial charge is 0.248 e. The van der Waals surface area contributed by atoms with Crippen molar-refractivity contribution in [3.8, 4) is 0 Å². The van der Waals surface area contributed by atoms with E-state index in [1.54, 1.807) is 18.2 Å². The predicted octanol–water partition coefficient (Wildman–Crippen LogP) is 4.44. The highest BCUT2D eigenvalue weighted by molar-refractivity contribution is 7.89. The molecule has 2 aliphatic carbocycles. The second-order valence-electron chi connectivity index (χ2n) is 8.51. The van der Waals surface area contributed by atoms with E-state index in [9.17, 15) is 13.2 Å². The molecule has 0 saturated heterocycles. The Labute approximate surface area is 178 Å². The molecule has 2 aliphatic rings. The van der Waals surface area contributed by atoms with Crippen LogP contribution in [0.15, 0.2) is 65.6 Å². The molecule has 4 rings (SSSR count). The summed E-state index contributed by atoms with van der Waals surface area (Å²) in [7, 11) is -3.58. The highest BCUT2D eigenvalue weighted by Gasteiger charge is 2.42. The molecule has 2 bridgehead atoms. The molecule has 0 aromatic heterocycles. The molecule has 0 unspecified atom stereocenters. The van der Waals surface area contributed by atoms with Gasteiger partial charge < -0.3 is 5.32 Å². The maximum absolute atomic E-state index is 12.8. The summed E-state index contributed by atoms with van der Waals surface area (Å²) >= 11 is 0. The van der Waals surface area contributed by atoms with Crippen molar-refractivity contribution in [1.29, 1.82) is 0 Å². The van der Waals surface area contributed by atoms with Gasteiger partial charge in [-0.15, -0.1) is 0 Å². The van der Waals surface area contributed by atoms with Gasteiger partial charge in [0.1, 0.15) is 0 Å². The van der Waals surface area contributed by atoms with Gasteiger partial charge in [-0.05, 0) is 79.8 Å². The summed E-state index contributed by atoms with van der Waals surface area (Å²) in [5, 5.41) is 2.75. The number of carbonyl (C=O) groups excluding carboxylic acids is 1. The average Bonchev–Trinajstić information content (AvgIpc) is 3.37. The summed E-state index contributed by atoms with van der Waals surface area (Å²) in [5.41, 5.74) is 1.49. The maximum atomic E-state index is 12.8. The van der Waals surface area contributed by atoms with Crippen LogP contribution in [0.25, 0.3) is 6.08 Å². The van der Waals surface area contributed by atoms with Crippen molar-refractivity contribution in [3.05, 3.63) is 66.2 Å². The molecule has 0 heterocycles. The minimum Gasteiger partial charge on any atom is -0.323 e. The van der Waals surface area contributed by atoms with E-state index in [1.807, 2.05) is 37.3 Å². The largest absolute Gasteiger partial charge is 0.323 e. The van der Waals surface area contributed by atoms with Gasteiger partial charge in [-0.2, -0.15) is 0 Å². The number of nitrogens with one attached hydrogen (secondary N) is 2. The fourth-order valence-electron chi connectivity index (χ4n) is 4.94. The maximum Gasteiger partial charge on any atom is 0.248 e. The van der Waals surface area contributed by atoms with Crippen LogP contribution in [0.4, 0.5) is 5.69 Å². The fraction of sp³-hybridized carbons (Fsp3) is 0.375. The van der Waals surface area contributed by atoms with Gasteiger partial charge in [0.05, 0.1) is 4.90 Å². The SMILES string of the molecule is C[C@H](NS(=O)(=O)c1ccc(NC(=O)/C=C/c2ccccc2)cc1)[C@@H]1C[C@@H]2CC[C@@H]1C2. The van der Waals surface area contributed by atoms with Crippen LogP contribution in [0.5, 0.6) is 0 Å². The van der Waals surface area contributed by atoms with E-state index in [0.717, 1.165) is 17.9 Å². The summed E-state index contributed by atoms with van der Waals surface area (Å²) in [5.74, 6) is 1.62. The molecular weight excluding hydrogens is 396 g/mol. The Balaban J connectivity index is 1.35. The lowest BCUT2D eigenvalue weighted by molar-refractivity contribution is -0.111. The molecule has 2 aromatic carbocycles. The van der Waals surface area contributed by atoms with Crippen molar-refractivity contribution in [1.82, 2.24) is 4.72 Å². The van der Waals surface area contributed by atoms with Gasteiger partial charge >= 0.3 is 0 Å². The van der Waals surface area contributed by atoms with Crippen LogP contribution in [-0.2, 0) is 14.8 Å². The van der Waals surface area contributed by atoms with Gasteiger partial charge in [0.15, 0.2) is 0 Å². The molecule has 4 atom stereocenters. The van der Waals surface area contributed by atoms with Crippen molar-refractivity contribution in [2.45, 2.75) is 43.5 Å². The molecule has 1 amide bonds. The van der Waals surface area contributed by atoms with Crippen molar-refractivity contribution in [2.24, 2.45) is 17.8 Å². The van der Waals surface area contributed by atoms with Gasteiger partial charge in [-0.3, -0.25) is 4.79 Å². The van der Waals surface area contributed by atoms with E-state index >= 15 is 0 Å². The van der Waals surface area contributed by atoms with Crippen LogP contribution in [0.2, 0.25) is 0 Å². The zero-order valence-corrected chi connectivity index (χ0v) is 17.9. The summed E-state index contributed by atoms with van der Waals surface area (Å²) in [6.07, 6.45) is 8.11. The molecule has 158 valence electrons. The molecule has 0 aliphatic heterocycles. The second-order valence-corrected chi connectivity index (χ2v) is 10.2. The van der Waals surface area contributed by atoms with E-state index < -0.39 is 10.0 Å². The first kappa shape index (κ1) is 20.8. The first-order valence-electron chi connectivity index (χ1n) is 10.6. The summed E-state index contributed by atoms with van der Waals surface area (Å²) < 4.78 is 28.4. The molecule has 0 spiro atoms. The molecule has 2 N–H and O–H groups in total. The lowest BCUT2D eigenvalue weighted by Crippen LogP contribution is -2.40. The van der Waals surface area contributed by atoms with Crippen LogP contribution in [0.3, 0.4) is 0 Å². The Morgan fingerprint density at radius 2 is 1.77 bits per heavy atom. The monoisotopic (exact) mass is 424 g/mol. The number of carbonyl (C=O) groups is 1. The number of amides is 1. The van der Waals surface area contributed by atoms with Crippen LogP contribution in [-0.4, -0.2) is 20.4 Å². The van der Waals surface area contributed by atoms with Crippen molar-refractivity contribution < 1.29 is 13.2 Å². The number of anilines is 1. The van der Waals surface area contributed by atoms with E-state index in [2.05, 4.69) is 10.0 Å². The first-order chi connectivity index (χ1) is 14.4. The number of hydrogen-bond donors (Lipinski definition) is 2. The second kappa shape index (κ2) is 8.74. The minimum atomic E-state index is -3.58. The molecule has 5 nitrogen and oxygen atoms in total. The Bertz CT molecular complexity index is 1020. The summed E-state index contributed by atoms with van der Waals surface area (Å²) in [6.45, 7) is 1.98. The number of rotatable bonds is 7. The molecule has 2 saturated carbocycles. The quantitative estimate of drug-likeness (QED) is 0.645. The number of hydrogen-bond acceptors (Lipinski definition) is 3. The first-order valence-corrected chi connectivity index (χ1v) is 12.1. The zero-order chi connectivity index (χ0) is 21.1. The zero-order valence-electron chi connectivity index (χ0n) is 17.1. The molecular formula is C24H28N2O3S. The predicted molar refractivity (Wildman–Crippen MR) is 119 cm³/mol. The van der Waals surface area contributed by atoms with E-state index in [4.69, 9.17) is 0 Å². The van der Waals surface area contributed by atoms with E-state index in [0.29, 0.717) is 17.5 Å².